The Morgan fingerprint density at radius 1 is 1.43 bits per heavy atom. The van der Waals surface area contributed by atoms with Crippen molar-refractivity contribution in [2.24, 2.45) is 0 Å². The van der Waals surface area contributed by atoms with Crippen molar-refractivity contribution in [3.8, 4) is 0 Å². The van der Waals surface area contributed by atoms with Crippen LogP contribution in [0.4, 0.5) is 0 Å². The molecule has 0 fully saturated rings. The molecule has 14 heavy (non-hydrogen) atoms. The molecule has 0 aliphatic carbocycles. The predicted molar refractivity (Wildman–Crippen MR) is 58.2 cm³/mol. The monoisotopic (exact) mass is 199 g/mol. The first-order valence-electron chi connectivity index (χ1n) is 5.18. The molecular formula is C11H21NO2. The zero-order valence-electron chi connectivity index (χ0n) is 9.45. The van der Waals surface area contributed by atoms with E-state index in [1.807, 2.05) is 0 Å². The Hall–Kier alpha value is -0.830. The van der Waals surface area contributed by atoms with Crippen LogP contribution >= 0.6 is 0 Å². The highest BCUT2D eigenvalue weighted by Gasteiger charge is 1.97. The van der Waals surface area contributed by atoms with Gasteiger partial charge in [-0.3, -0.25) is 0 Å². The van der Waals surface area contributed by atoms with E-state index in [2.05, 4.69) is 18.9 Å². The Kier molecular flexibility index (Phi) is 8.24. The van der Waals surface area contributed by atoms with E-state index in [1.54, 1.807) is 13.0 Å². The van der Waals surface area contributed by atoms with Gasteiger partial charge in [0.05, 0.1) is 6.61 Å². The molecule has 0 saturated carbocycles. The summed E-state index contributed by atoms with van der Waals surface area (Å²) in [7, 11) is 2.09. The van der Waals surface area contributed by atoms with Gasteiger partial charge in [-0.2, -0.15) is 0 Å². The minimum absolute atomic E-state index is 0.239. The van der Waals surface area contributed by atoms with Gasteiger partial charge < -0.3 is 9.64 Å². The second-order valence-electron chi connectivity index (χ2n) is 3.27. The van der Waals surface area contributed by atoms with Crippen LogP contribution in [0.1, 0.15) is 26.7 Å². The number of unbranched alkanes of at least 4 members (excludes halogenated alkanes) is 1. The van der Waals surface area contributed by atoms with Crippen LogP contribution in [0, 0.1) is 0 Å². The summed E-state index contributed by atoms with van der Waals surface area (Å²) in [5, 5.41) is 0. The average molecular weight is 199 g/mol. The lowest BCUT2D eigenvalue weighted by molar-refractivity contribution is -0.137. The zero-order valence-corrected chi connectivity index (χ0v) is 9.45. The maximum absolute atomic E-state index is 10.9. The Labute approximate surface area is 86.7 Å². The lowest BCUT2D eigenvalue weighted by Crippen LogP contribution is -2.19. The predicted octanol–water partition coefficient (Wildman–Crippen LogP) is 1.84. The third kappa shape index (κ3) is 7.80. The summed E-state index contributed by atoms with van der Waals surface area (Å²) in [6.07, 6.45) is 5.15. The van der Waals surface area contributed by atoms with Crippen molar-refractivity contribution in [3.63, 3.8) is 0 Å². The second kappa shape index (κ2) is 8.75. The SMILES string of the molecule is C/C=C/C(=O)OCCCCN(C)CC. The van der Waals surface area contributed by atoms with Crippen molar-refractivity contribution >= 4 is 5.97 Å². The lowest BCUT2D eigenvalue weighted by Gasteiger charge is -2.12. The van der Waals surface area contributed by atoms with E-state index in [0.717, 1.165) is 25.9 Å². The third-order valence-electron chi connectivity index (χ3n) is 2.02. The molecule has 0 radical (unpaired) electrons. The van der Waals surface area contributed by atoms with Gasteiger partial charge in [0.15, 0.2) is 0 Å². The molecule has 0 bridgehead atoms. The van der Waals surface area contributed by atoms with Crippen LogP contribution in [0.5, 0.6) is 0 Å². The van der Waals surface area contributed by atoms with Crippen LogP contribution in [0.3, 0.4) is 0 Å². The normalized spacial score (nSPS) is 11.1. The molecule has 0 aromatic carbocycles. The number of rotatable bonds is 7. The number of carbonyl (C=O) groups excluding carboxylic acids is 1. The molecule has 0 saturated heterocycles. The van der Waals surface area contributed by atoms with E-state index in [1.165, 1.54) is 6.08 Å². The molecule has 82 valence electrons. The van der Waals surface area contributed by atoms with Gasteiger partial charge >= 0.3 is 5.97 Å². The smallest absolute Gasteiger partial charge is 0.330 e. The summed E-state index contributed by atoms with van der Waals surface area (Å²) in [6.45, 7) is 6.60. The Morgan fingerprint density at radius 3 is 2.71 bits per heavy atom. The Balaban J connectivity index is 3.25. The summed E-state index contributed by atoms with van der Waals surface area (Å²) >= 11 is 0. The van der Waals surface area contributed by atoms with Crippen LogP contribution in [0.2, 0.25) is 0 Å². The number of allylic oxidation sites excluding steroid dienone is 1. The second-order valence-corrected chi connectivity index (χ2v) is 3.27. The van der Waals surface area contributed by atoms with Crippen LogP contribution in [-0.4, -0.2) is 37.6 Å². The molecule has 0 aromatic rings. The van der Waals surface area contributed by atoms with Crippen LogP contribution in [0.15, 0.2) is 12.2 Å². The number of nitrogens with zero attached hydrogens (tertiary/aromatic N) is 1. The Bertz CT molecular complexity index is 178. The summed E-state index contributed by atoms with van der Waals surface area (Å²) in [5.41, 5.74) is 0. The topological polar surface area (TPSA) is 29.5 Å². The number of carbonyl (C=O) groups is 1. The van der Waals surface area contributed by atoms with Crippen molar-refractivity contribution in [1.29, 1.82) is 0 Å². The van der Waals surface area contributed by atoms with Crippen molar-refractivity contribution in [3.05, 3.63) is 12.2 Å². The molecule has 0 spiro atoms. The van der Waals surface area contributed by atoms with Crippen molar-refractivity contribution in [1.82, 2.24) is 4.90 Å². The molecule has 3 nitrogen and oxygen atoms in total. The highest BCUT2D eigenvalue weighted by molar-refractivity contribution is 5.81. The highest BCUT2D eigenvalue weighted by Crippen LogP contribution is 1.94. The molecule has 0 aliphatic heterocycles. The van der Waals surface area contributed by atoms with Crippen LogP contribution in [0.25, 0.3) is 0 Å². The number of hydrogen-bond donors (Lipinski definition) is 0. The van der Waals surface area contributed by atoms with Gasteiger partial charge in [-0.05, 0) is 39.9 Å². The fourth-order valence-electron chi connectivity index (χ4n) is 0.999. The largest absolute Gasteiger partial charge is 0.463 e. The van der Waals surface area contributed by atoms with E-state index >= 15 is 0 Å². The van der Waals surface area contributed by atoms with E-state index in [0.29, 0.717) is 6.61 Å². The van der Waals surface area contributed by atoms with Crippen molar-refractivity contribution in [2.45, 2.75) is 26.7 Å². The molecule has 0 aromatic heterocycles. The first-order chi connectivity index (χ1) is 6.70. The summed E-state index contributed by atoms with van der Waals surface area (Å²) in [6, 6.07) is 0. The Morgan fingerprint density at radius 2 is 2.14 bits per heavy atom. The summed E-state index contributed by atoms with van der Waals surface area (Å²) in [5.74, 6) is -0.239. The minimum Gasteiger partial charge on any atom is -0.463 e. The zero-order chi connectivity index (χ0) is 10.8. The molecule has 0 unspecified atom stereocenters. The molecule has 0 amide bonds. The molecule has 3 heteroatoms. The lowest BCUT2D eigenvalue weighted by atomic mass is 10.3. The molecule has 0 heterocycles. The van der Waals surface area contributed by atoms with Crippen LogP contribution in [-0.2, 0) is 9.53 Å². The quantitative estimate of drug-likeness (QED) is 0.356. The summed E-state index contributed by atoms with van der Waals surface area (Å²) < 4.78 is 4.95. The maximum atomic E-state index is 10.9. The fraction of sp³-hybridized carbons (Fsp3) is 0.727. The number of hydrogen-bond acceptors (Lipinski definition) is 3. The standard InChI is InChI=1S/C11H21NO2/c1-4-8-11(13)14-10-7-6-9-12(3)5-2/h4,8H,5-7,9-10H2,1-3H3/b8-4+. The number of ether oxygens (including phenoxy) is 1. The van der Waals surface area contributed by atoms with Crippen molar-refractivity contribution in [2.75, 3.05) is 26.7 Å². The van der Waals surface area contributed by atoms with E-state index < -0.39 is 0 Å². The van der Waals surface area contributed by atoms with Gasteiger partial charge in [-0.1, -0.05) is 13.0 Å². The molecule has 0 N–H and O–H groups in total. The fourth-order valence-corrected chi connectivity index (χ4v) is 0.999. The van der Waals surface area contributed by atoms with E-state index in [4.69, 9.17) is 4.74 Å². The summed E-state index contributed by atoms with van der Waals surface area (Å²) in [4.78, 5) is 13.1. The van der Waals surface area contributed by atoms with Gasteiger partial charge in [0.2, 0.25) is 0 Å². The van der Waals surface area contributed by atoms with Gasteiger partial charge in [0.1, 0.15) is 0 Å². The third-order valence-corrected chi connectivity index (χ3v) is 2.02. The van der Waals surface area contributed by atoms with E-state index in [9.17, 15) is 4.79 Å². The highest BCUT2D eigenvalue weighted by atomic mass is 16.5. The number of esters is 1. The molecule has 0 atom stereocenters. The molecular weight excluding hydrogens is 178 g/mol. The molecule has 0 aliphatic rings. The van der Waals surface area contributed by atoms with Gasteiger partial charge in [-0.25, -0.2) is 4.79 Å². The van der Waals surface area contributed by atoms with Gasteiger partial charge in [-0.15, -0.1) is 0 Å². The van der Waals surface area contributed by atoms with Gasteiger partial charge in [0.25, 0.3) is 0 Å². The van der Waals surface area contributed by atoms with Crippen LogP contribution < -0.4 is 0 Å². The maximum Gasteiger partial charge on any atom is 0.330 e. The average Bonchev–Trinajstić information content (AvgIpc) is 2.17. The first kappa shape index (κ1) is 13.2. The minimum atomic E-state index is -0.239. The van der Waals surface area contributed by atoms with Gasteiger partial charge in [0, 0.05) is 6.08 Å². The molecule has 0 rings (SSSR count). The first-order valence-corrected chi connectivity index (χ1v) is 5.18. The van der Waals surface area contributed by atoms with Crippen molar-refractivity contribution < 1.29 is 9.53 Å². The van der Waals surface area contributed by atoms with E-state index in [-0.39, 0.29) is 5.97 Å².